The maximum atomic E-state index is 6.09. The number of benzene rings is 1. The van der Waals surface area contributed by atoms with Gasteiger partial charge in [-0.15, -0.1) is 0 Å². The zero-order valence-electron chi connectivity index (χ0n) is 11.4. The molecular weight excluding hydrogens is 264 g/mol. The van der Waals surface area contributed by atoms with Crippen LogP contribution in [0, 0.1) is 0 Å². The third-order valence-corrected chi connectivity index (χ3v) is 3.84. The predicted octanol–water partition coefficient (Wildman–Crippen LogP) is 3.04. The van der Waals surface area contributed by atoms with Gasteiger partial charge in [-0.3, -0.25) is 0 Å². The molecular formula is C14H21ClN2O2. The Morgan fingerprint density at radius 3 is 2.58 bits per heavy atom. The minimum absolute atomic E-state index is 0.284. The lowest BCUT2D eigenvalue weighted by Gasteiger charge is -2.29. The molecule has 4 nitrogen and oxygen atoms in total. The van der Waals surface area contributed by atoms with E-state index in [2.05, 4.69) is 5.32 Å². The van der Waals surface area contributed by atoms with Crippen molar-refractivity contribution in [1.29, 1.82) is 0 Å². The summed E-state index contributed by atoms with van der Waals surface area (Å²) in [5, 5.41) is 4.04. The van der Waals surface area contributed by atoms with E-state index in [1.807, 2.05) is 6.07 Å². The van der Waals surface area contributed by atoms with Crippen LogP contribution in [-0.4, -0.2) is 26.3 Å². The minimum Gasteiger partial charge on any atom is -0.495 e. The van der Waals surface area contributed by atoms with Gasteiger partial charge in [-0.25, -0.2) is 0 Å². The normalized spacial score (nSPS) is 22.9. The number of nitrogens with two attached hydrogens (primary N) is 1. The lowest BCUT2D eigenvalue weighted by molar-refractivity contribution is 0.395. The van der Waals surface area contributed by atoms with E-state index in [0.717, 1.165) is 37.1 Å². The monoisotopic (exact) mass is 284 g/mol. The van der Waals surface area contributed by atoms with Gasteiger partial charge in [-0.1, -0.05) is 11.6 Å². The van der Waals surface area contributed by atoms with Gasteiger partial charge in [0.05, 0.1) is 24.9 Å². The van der Waals surface area contributed by atoms with E-state index in [4.69, 9.17) is 26.8 Å². The first-order valence-electron chi connectivity index (χ1n) is 6.57. The first-order valence-corrected chi connectivity index (χ1v) is 6.95. The van der Waals surface area contributed by atoms with Crippen LogP contribution in [-0.2, 0) is 0 Å². The van der Waals surface area contributed by atoms with Crippen molar-refractivity contribution in [3.63, 3.8) is 0 Å². The van der Waals surface area contributed by atoms with E-state index in [0.29, 0.717) is 16.8 Å². The van der Waals surface area contributed by atoms with Crippen molar-refractivity contribution in [2.75, 3.05) is 19.5 Å². The predicted molar refractivity (Wildman–Crippen MR) is 78.4 cm³/mol. The molecule has 0 spiro atoms. The molecule has 0 amide bonds. The number of methoxy groups -OCH3 is 2. The summed E-state index contributed by atoms with van der Waals surface area (Å²) >= 11 is 6.09. The molecule has 1 aromatic rings. The van der Waals surface area contributed by atoms with Crippen molar-refractivity contribution in [2.24, 2.45) is 5.73 Å². The molecule has 1 aliphatic rings. The van der Waals surface area contributed by atoms with Crippen molar-refractivity contribution < 1.29 is 9.47 Å². The van der Waals surface area contributed by atoms with Gasteiger partial charge in [0, 0.05) is 24.2 Å². The molecule has 5 heteroatoms. The lowest BCUT2D eigenvalue weighted by Crippen LogP contribution is -2.34. The molecule has 19 heavy (non-hydrogen) atoms. The second-order valence-electron chi connectivity index (χ2n) is 4.95. The largest absolute Gasteiger partial charge is 0.495 e. The van der Waals surface area contributed by atoms with Crippen molar-refractivity contribution in [2.45, 2.75) is 37.8 Å². The quantitative estimate of drug-likeness (QED) is 0.892. The zero-order chi connectivity index (χ0) is 13.8. The summed E-state index contributed by atoms with van der Waals surface area (Å²) in [6, 6.07) is 4.31. The third kappa shape index (κ3) is 3.45. The molecule has 0 saturated heterocycles. The molecule has 2 atom stereocenters. The Bertz CT molecular complexity index is 440. The summed E-state index contributed by atoms with van der Waals surface area (Å²) in [5.74, 6) is 1.37. The van der Waals surface area contributed by atoms with Crippen LogP contribution in [0.15, 0.2) is 12.1 Å². The lowest BCUT2D eigenvalue weighted by atomic mass is 9.91. The molecule has 0 radical (unpaired) electrons. The first kappa shape index (κ1) is 14.3. The minimum atomic E-state index is 0.284. The number of nitrogens with one attached hydrogen (secondary N) is 1. The Morgan fingerprint density at radius 1 is 1.21 bits per heavy atom. The van der Waals surface area contributed by atoms with E-state index in [1.54, 1.807) is 20.3 Å². The Hall–Kier alpha value is -1.13. The van der Waals surface area contributed by atoms with Crippen molar-refractivity contribution in [1.82, 2.24) is 0 Å². The van der Waals surface area contributed by atoms with Gasteiger partial charge in [0.2, 0.25) is 0 Å². The average Bonchev–Trinajstić information content (AvgIpc) is 2.40. The summed E-state index contributed by atoms with van der Waals surface area (Å²) in [5.41, 5.74) is 6.92. The molecule has 1 aromatic carbocycles. The van der Waals surface area contributed by atoms with E-state index >= 15 is 0 Å². The fourth-order valence-corrected chi connectivity index (χ4v) is 2.78. The molecule has 1 aliphatic carbocycles. The van der Waals surface area contributed by atoms with Gasteiger partial charge in [0.1, 0.15) is 11.5 Å². The third-order valence-electron chi connectivity index (χ3n) is 3.55. The Labute approximate surface area is 119 Å². The molecule has 1 fully saturated rings. The molecule has 0 aliphatic heterocycles. The van der Waals surface area contributed by atoms with Gasteiger partial charge >= 0.3 is 0 Å². The maximum absolute atomic E-state index is 6.09. The average molecular weight is 285 g/mol. The number of hydrogen-bond acceptors (Lipinski definition) is 4. The Kier molecular flexibility index (Phi) is 4.77. The number of ether oxygens (including phenoxy) is 2. The molecule has 0 bridgehead atoms. The van der Waals surface area contributed by atoms with Crippen molar-refractivity contribution >= 4 is 17.3 Å². The summed E-state index contributed by atoms with van der Waals surface area (Å²) in [7, 11) is 3.24. The second-order valence-corrected chi connectivity index (χ2v) is 5.36. The highest BCUT2D eigenvalue weighted by Crippen LogP contribution is 2.37. The molecule has 0 heterocycles. The van der Waals surface area contributed by atoms with Gasteiger partial charge < -0.3 is 20.5 Å². The van der Waals surface area contributed by atoms with Gasteiger partial charge in [-0.2, -0.15) is 0 Å². The van der Waals surface area contributed by atoms with E-state index in [9.17, 15) is 0 Å². The van der Waals surface area contributed by atoms with Crippen molar-refractivity contribution in [3.05, 3.63) is 17.2 Å². The molecule has 1 saturated carbocycles. The topological polar surface area (TPSA) is 56.5 Å². The van der Waals surface area contributed by atoms with E-state index in [1.165, 1.54) is 0 Å². The summed E-state index contributed by atoms with van der Waals surface area (Å²) in [6.07, 6.45) is 4.38. The highest BCUT2D eigenvalue weighted by molar-refractivity contribution is 6.32. The molecule has 3 N–H and O–H groups in total. The van der Waals surface area contributed by atoms with Crippen LogP contribution in [0.25, 0.3) is 0 Å². The Morgan fingerprint density at radius 2 is 1.95 bits per heavy atom. The van der Waals surface area contributed by atoms with Crippen LogP contribution in [0.4, 0.5) is 5.69 Å². The van der Waals surface area contributed by atoms with Gasteiger partial charge in [-0.05, 0) is 25.7 Å². The zero-order valence-corrected chi connectivity index (χ0v) is 12.2. The number of anilines is 1. The highest BCUT2D eigenvalue weighted by Gasteiger charge is 2.20. The van der Waals surface area contributed by atoms with Crippen LogP contribution in [0.5, 0.6) is 11.5 Å². The van der Waals surface area contributed by atoms with E-state index in [-0.39, 0.29) is 6.04 Å². The standard InChI is InChI=1S/C14H21ClN2O2/c1-18-13-8-12(14(19-2)7-11(13)15)17-10-5-3-4-9(16)6-10/h7-10,17H,3-6,16H2,1-2H3. The fraction of sp³-hybridized carbons (Fsp3) is 0.571. The van der Waals surface area contributed by atoms with Crippen LogP contribution < -0.4 is 20.5 Å². The van der Waals surface area contributed by atoms with Gasteiger partial charge in [0.15, 0.2) is 0 Å². The van der Waals surface area contributed by atoms with Crippen LogP contribution in [0.3, 0.4) is 0 Å². The molecule has 0 aromatic heterocycles. The smallest absolute Gasteiger partial charge is 0.143 e. The SMILES string of the molecule is COc1cc(NC2CCCC(N)C2)c(OC)cc1Cl. The number of hydrogen-bond donors (Lipinski definition) is 2. The summed E-state index contributed by atoms with van der Waals surface area (Å²) in [4.78, 5) is 0. The number of rotatable bonds is 4. The molecule has 2 unspecified atom stereocenters. The molecule has 2 rings (SSSR count). The Balaban J connectivity index is 2.18. The first-order chi connectivity index (χ1) is 9.13. The van der Waals surface area contributed by atoms with E-state index < -0.39 is 0 Å². The fourth-order valence-electron chi connectivity index (χ4n) is 2.55. The van der Waals surface area contributed by atoms with Crippen molar-refractivity contribution in [3.8, 4) is 11.5 Å². The van der Waals surface area contributed by atoms with Crippen LogP contribution >= 0.6 is 11.6 Å². The van der Waals surface area contributed by atoms with Crippen LogP contribution in [0.1, 0.15) is 25.7 Å². The van der Waals surface area contributed by atoms with Gasteiger partial charge in [0.25, 0.3) is 0 Å². The highest BCUT2D eigenvalue weighted by atomic mass is 35.5. The second kappa shape index (κ2) is 6.35. The summed E-state index contributed by atoms with van der Waals surface area (Å²) < 4.78 is 10.6. The van der Waals surface area contributed by atoms with Crippen LogP contribution in [0.2, 0.25) is 5.02 Å². The maximum Gasteiger partial charge on any atom is 0.143 e. The summed E-state index contributed by atoms with van der Waals surface area (Å²) in [6.45, 7) is 0. The molecule has 106 valence electrons. The number of halogens is 1.